The molecule has 0 radical (unpaired) electrons. The van der Waals surface area contributed by atoms with Gasteiger partial charge in [-0.1, -0.05) is 53.6 Å². The summed E-state index contributed by atoms with van der Waals surface area (Å²) in [6, 6.07) is 11.9. The number of hydrogen-bond acceptors (Lipinski definition) is 9. The van der Waals surface area contributed by atoms with Crippen LogP contribution in [0.1, 0.15) is 54.3 Å². The van der Waals surface area contributed by atoms with Gasteiger partial charge in [-0.25, -0.2) is 18.4 Å². The van der Waals surface area contributed by atoms with Gasteiger partial charge in [0.05, 0.1) is 47.1 Å². The Labute approximate surface area is 244 Å². The van der Waals surface area contributed by atoms with Crippen LogP contribution in [0, 0.1) is 6.92 Å². The maximum Gasteiger partial charge on any atom is 0.237 e. The number of nitrogens with one attached hydrogen (secondary N) is 2. The zero-order valence-electron chi connectivity index (χ0n) is 22.9. The minimum atomic E-state index is -2.98. The minimum absolute atomic E-state index is 0.0491. The summed E-state index contributed by atoms with van der Waals surface area (Å²) in [5.74, 6) is 0.317. The number of rotatable bonds is 8. The van der Waals surface area contributed by atoms with Crippen molar-refractivity contribution in [2.24, 2.45) is 0 Å². The number of aryl methyl sites for hydroxylation is 1. The summed E-state index contributed by atoms with van der Waals surface area (Å²) in [4.78, 5) is 23.7. The molecule has 12 heteroatoms. The molecule has 10 nitrogen and oxygen atoms in total. The molecule has 3 aromatic rings. The smallest absolute Gasteiger partial charge is 0.237 e. The number of hydrogen-bond donors (Lipinski definition) is 4. The van der Waals surface area contributed by atoms with E-state index in [9.17, 15) is 23.4 Å². The Bertz CT molecular complexity index is 1540. The van der Waals surface area contributed by atoms with Crippen molar-refractivity contribution in [3.8, 4) is 11.3 Å². The molecule has 0 spiro atoms. The van der Waals surface area contributed by atoms with E-state index in [1.807, 2.05) is 49.4 Å². The third-order valence-electron chi connectivity index (χ3n) is 7.82. The number of aliphatic hydroxyl groups excluding tert-OH is 2. The summed E-state index contributed by atoms with van der Waals surface area (Å²) in [6.45, 7) is 3.80. The van der Waals surface area contributed by atoms with Crippen molar-refractivity contribution in [2.45, 2.75) is 57.6 Å². The average Bonchev–Trinajstić information content (AvgIpc) is 3.28. The molecule has 218 valence electrons. The van der Waals surface area contributed by atoms with Gasteiger partial charge in [-0.3, -0.25) is 9.69 Å². The maximum absolute atomic E-state index is 13.2. The second kappa shape index (κ2) is 12.0. The number of nitrogens with zero attached hydrogens (tertiary/aromatic N) is 3. The number of carbonyl (C=O) groups excluding carboxylic acids is 1. The van der Waals surface area contributed by atoms with E-state index in [1.165, 1.54) is 6.20 Å². The molecule has 3 atom stereocenters. The van der Waals surface area contributed by atoms with Crippen molar-refractivity contribution >= 4 is 33.3 Å². The first-order valence-corrected chi connectivity index (χ1v) is 15.8. The molecule has 2 aliphatic heterocycles. The van der Waals surface area contributed by atoms with Crippen LogP contribution in [-0.2, 0) is 21.2 Å². The lowest BCUT2D eigenvalue weighted by atomic mass is 10.0. The van der Waals surface area contributed by atoms with Crippen LogP contribution in [0.5, 0.6) is 0 Å². The SMILES string of the molecule is Cc1cccc([C@@H](CO)NC(=O)[C@@H](C)N2Cc3ccc(-c4nc(NC5CCS(=O)(=O)CC5)ncc4Cl)cc3C2O)c1. The summed E-state index contributed by atoms with van der Waals surface area (Å²) < 4.78 is 23.5. The topological polar surface area (TPSA) is 145 Å². The molecule has 1 unspecified atom stereocenters. The summed E-state index contributed by atoms with van der Waals surface area (Å²) in [5.41, 5.74) is 4.54. The Morgan fingerprint density at radius 1 is 1.20 bits per heavy atom. The molecule has 4 N–H and O–H groups in total. The van der Waals surface area contributed by atoms with Gasteiger partial charge in [0.1, 0.15) is 16.1 Å². The van der Waals surface area contributed by atoms with E-state index < -0.39 is 28.1 Å². The molecule has 2 aromatic carbocycles. The molecule has 1 fully saturated rings. The zero-order valence-corrected chi connectivity index (χ0v) is 24.5. The van der Waals surface area contributed by atoms with Gasteiger partial charge in [0.2, 0.25) is 11.9 Å². The van der Waals surface area contributed by atoms with Crippen LogP contribution >= 0.6 is 11.6 Å². The van der Waals surface area contributed by atoms with Gasteiger partial charge < -0.3 is 20.8 Å². The zero-order chi connectivity index (χ0) is 29.3. The molecule has 41 heavy (non-hydrogen) atoms. The van der Waals surface area contributed by atoms with Crippen molar-refractivity contribution in [1.82, 2.24) is 20.2 Å². The van der Waals surface area contributed by atoms with Crippen LogP contribution in [0.2, 0.25) is 5.02 Å². The van der Waals surface area contributed by atoms with Gasteiger partial charge in [-0.15, -0.1) is 0 Å². The summed E-state index contributed by atoms with van der Waals surface area (Å²) in [7, 11) is -2.98. The van der Waals surface area contributed by atoms with Crippen LogP contribution in [0.15, 0.2) is 48.7 Å². The highest BCUT2D eigenvalue weighted by Crippen LogP contribution is 2.37. The fourth-order valence-corrected chi connectivity index (χ4v) is 7.05. The van der Waals surface area contributed by atoms with Crippen molar-refractivity contribution in [3.05, 3.63) is 75.9 Å². The lowest BCUT2D eigenvalue weighted by molar-refractivity contribution is -0.131. The number of benzene rings is 2. The van der Waals surface area contributed by atoms with Gasteiger partial charge in [-0.05, 0) is 43.9 Å². The monoisotopic (exact) mass is 599 g/mol. The summed E-state index contributed by atoms with van der Waals surface area (Å²) in [6.07, 6.45) is 1.44. The predicted molar refractivity (Wildman–Crippen MR) is 157 cm³/mol. The van der Waals surface area contributed by atoms with Crippen LogP contribution < -0.4 is 10.6 Å². The second-order valence-electron chi connectivity index (χ2n) is 10.8. The van der Waals surface area contributed by atoms with Crippen LogP contribution in [0.3, 0.4) is 0 Å². The fourth-order valence-electron chi connectivity index (χ4n) is 5.36. The van der Waals surface area contributed by atoms with Gasteiger partial charge in [0.15, 0.2) is 0 Å². The minimum Gasteiger partial charge on any atom is -0.394 e. The molecular formula is C29H34ClN5O5S. The first kappa shape index (κ1) is 29.4. The lowest BCUT2D eigenvalue weighted by Gasteiger charge is -2.28. The largest absolute Gasteiger partial charge is 0.394 e. The normalized spacial score (nSPS) is 20.3. The number of carbonyl (C=O) groups is 1. The first-order chi connectivity index (χ1) is 19.5. The van der Waals surface area contributed by atoms with Crippen molar-refractivity contribution in [1.29, 1.82) is 0 Å². The molecule has 0 saturated carbocycles. The van der Waals surface area contributed by atoms with Crippen LogP contribution in [0.25, 0.3) is 11.3 Å². The number of fused-ring (bicyclic) bond motifs is 1. The van der Waals surface area contributed by atoms with E-state index in [4.69, 9.17) is 11.6 Å². The number of halogens is 1. The number of aliphatic hydroxyl groups is 2. The van der Waals surface area contributed by atoms with E-state index in [-0.39, 0.29) is 30.1 Å². The first-order valence-electron chi connectivity index (χ1n) is 13.6. The van der Waals surface area contributed by atoms with E-state index in [2.05, 4.69) is 20.6 Å². The second-order valence-corrected chi connectivity index (χ2v) is 13.5. The fraction of sp³-hybridized carbons (Fsp3) is 0.414. The van der Waals surface area contributed by atoms with E-state index in [0.29, 0.717) is 47.2 Å². The lowest BCUT2D eigenvalue weighted by Crippen LogP contribution is -2.46. The van der Waals surface area contributed by atoms with Gasteiger partial charge in [-0.2, -0.15) is 0 Å². The highest BCUT2D eigenvalue weighted by atomic mass is 35.5. The number of amides is 1. The molecular weight excluding hydrogens is 566 g/mol. The van der Waals surface area contributed by atoms with Crippen molar-refractivity contribution in [2.75, 3.05) is 23.4 Å². The number of sulfone groups is 1. The Hall–Kier alpha value is -3.09. The van der Waals surface area contributed by atoms with Crippen LogP contribution in [0.4, 0.5) is 5.95 Å². The molecule has 3 heterocycles. The molecule has 2 aliphatic rings. The highest BCUT2D eigenvalue weighted by Gasteiger charge is 2.36. The van der Waals surface area contributed by atoms with Crippen LogP contribution in [-0.4, -0.2) is 69.6 Å². The third-order valence-corrected chi connectivity index (χ3v) is 9.81. The Morgan fingerprint density at radius 3 is 2.66 bits per heavy atom. The van der Waals surface area contributed by atoms with Gasteiger partial charge >= 0.3 is 0 Å². The highest BCUT2D eigenvalue weighted by molar-refractivity contribution is 7.91. The number of aromatic nitrogens is 2. The Kier molecular flexibility index (Phi) is 8.62. The third kappa shape index (κ3) is 6.54. The predicted octanol–water partition coefficient (Wildman–Crippen LogP) is 3.14. The maximum atomic E-state index is 13.2. The Balaban J connectivity index is 1.30. The van der Waals surface area contributed by atoms with E-state index >= 15 is 0 Å². The molecule has 0 aliphatic carbocycles. The van der Waals surface area contributed by atoms with Gasteiger partial charge in [0, 0.05) is 23.7 Å². The Morgan fingerprint density at radius 2 is 1.95 bits per heavy atom. The standard InChI is InChI=1S/C29H34ClN5O5S/c1-17-4-3-5-19(12-17)25(16-36)33-27(37)18(2)35-15-21-7-6-20(13-23(21)28(35)38)26-24(30)14-31-29(34-26)32-22-8-10-41(39,40)11-9-22/h3-7,12-14,18,22,25,28,36,38H,8-11,15-16H2,1-2H3,(H,33,37)(H,31,32,34)/t18-,25-,28?/m1/s1. The summed E-state index contributed by atoms with van der Waals surface area (Å²) in [5, 5.41) is 27.6. The quantitative estimate of drug-likeness (QED) is 0.307. The molecule has 0 bridgehead atoms. The average molecular weight is 600 g/mol. The van der Waals surface area contributed by atoms with E-state index in [0.717, 1.165) is 16.7 Å². The van der Waals surface area contributed by atoms with Crippen molar-refractivity contribution in [3.63, 3.8) is 0 Å². The molecule has 1 saturated heterocycles. The van der Waals surface area contributed by atoms with Crippen molar-refractivity contribution < 1.29 is 23.4 Å². The molecule has 1 amide bonds. The number of anilines is 1. The molecule has 1 aromatic heterocycles. The summed E-state index contributed by atoms with van der Waals surface area (Å²) >= 11 is 6.46. The molecule has 5 rings (SSSR count). The van der Waals surface area contributed by atoms with Gasteiger partial charge in [0.25, 0.3) is 0 Å². The van der Waals surface area contributed by atoms with E-state index in [1.54, 1.807) is 11.8 Å².